The number of hydrogen-bond donors (Lipinski definition) is 1. The number of non-ortho nitro benzene ring substituents is 1. The molecule has 0 spiro atoms. The van der Waals surface area contributed by atoms with Crippen LogP contribution >= 0.6 is 11.8 Å². The van der Waals surface area contributed by atoms with Crippen LogP contribution in [0.15, 0.2) is 76.7 Å². The monoisotopic (exact) mass is 436 g/mol. The second kappa shape index (κ2) is 8.57. The second-order valence-electron chi connectivity index (χ2n) is 6.78. The summed E-state index contributed by atoms with van der Waals surface area (Å²) in [7, 11) is 0. The van der Waals surface area contributed by atoms with Crippen LogP contribution in [-0.4, -0.2) is 20.2 Å². The molecule has 0 bridgehead atoms. The van der Waals surface area contributed by atoms with Crippen molar-refractivity contribution < 1.29 is 14.1 Å². The van der Waals surface area contributed by atoms with E-state index in [0.717, 1.165) is 23.1 Å². The minimum absolute atomic E-state index is 0.0994. The standard InChI is InChI=1S/C22H17FN4O3S/c1-14-5-4-8-21-25-15(13-26(14)21)12-24-22(28)17-11-16(27(29)30)9-10-19(17)31-20-7-3-2-6-18(20)23/h2-11,13H,12H2,1H3,(H,24,28). The number of carbonyl (C=O) groups is 1. The predicted molar refractivity (Wildman–Crippen MR) is 115 cm³/mol. The molecule has 0 aliphatic heterocycles. The lowest BCUT2D eigenvalue weighted by Crippen LogP contribution is -2.23. The van der Waals surface area contributed by atoms with E-state index in [4.69, 9.17) is 0 Å². The number of carbonyl (C=O) groups excluding carboxylic acids is 1. The molecule has 0 unspecified atom stereocenters. The molecule has 2 aromatic heterocycles. The first-order chi connectivity index (χ1) is 14.9. The number of benzene rings is 2. The number of pyridine rings is 1. The Balaban J connectivity index is 1.60. The van der Waals surface area contributed by atoms with E-state index in [9.17, 15) is 19.3 Å². The molecule has 0 atom stereocenters. The van der Waals surface area contributed by atoms with Crippen molar-refractivity contribution in [2.24, 2.45) is 0 Å². The van der Waals surface area contributed by atoms with E-state index >= 15 is 0 Å². The highest BCUT2D eigenvalue weighted by Gasteiger charge is 2.19. The fourth-order valence-electron chi connectivity index (χ4n) is 3.09. The molecule has 7 nitrogen and oxygen atoms in total. The maximum absolute atomic E-state index is 14.1. The number of rotatable bonds is 6. The van der Waals surface area contributed by atoms with Gasteiger partial charge in [-0.05, 0) is 37.3 Å². The average molecular weight is 436 g/mol. The molecular weight excluding hydrogens is 419 g/mol. The Bertz CT molecular complexity index is 1310. The summed E-state index contributed by atoms with van der Waals surface area (Å²) in [5.41, 5.74) is 2.30. The molecule has 31 heavy (non-hydrogen) atoms. The summed E-state index contributed by atoms with van der Waals surface area (Å²) in [6.07, 6.45) is 1.83. The van der Waals surface area contributed by atoms with Crippen molar-refractivity contribution in [1.29, 1.82) is 0 Å². The number of nitrogens with one attached hydrogen (secondary N) is 1. The summed E-state index contributed by atoms with van der Waals surface area (Å²) >= 11 is 1.04. The van der Waals surface area contributed by atoms with Crippen LogP contribution in [0.3, 0.4) is 0 Å². The van der Waals surface area contributed by atoms with E-state index in [1.54, 1.807) is 18.2 Å². The van der Waals surface area contributed by atoms with Gasteiger partial charge in [-0.3, -0.25) is 14.9 Å². The highest BCUT2D eigenvalue weighted by Crippen LogP contribution is 2.34. The normalized spacial score (nSPS) is 10.9. The number of nitro benzene ring substituents is 1. The molecule has 4 rings (SSSR count). The van der Waals surface area contributed by atoms with Gasteiger partial charge in [0.2, 0.25) is 0 Å². The summed E-state index contributed by atoms with van der Waals surface area (Å²) in [5.74, 6) is -0.936. The number of aryl methyl sites for hydroxylation is 1. The molecule has 0 saturated heterocycles. The molecule has 9 heteroatoms. The van der Waals surface area contributed by atoms with E-state index < -0.39 is 16.6 Å². The molecule has 0 aliphatic rings. The molecule has 0 fully saturated rings. The van der Waals surface area contributed by atoms with Crippen LogP contribution in [0.25, 0.3) is 5.65 Å². The third-order valence-electron chi connectivity index (χ3n) is 4.65. The van der Waals surface area contributed by atoms with Crippen molar-refractivity contribution in [2.45, 2.75) is 23.3 Å². The fourth-order valence-corrected chi connectivity index (χ4v) is 4.04. The zero-order valence-electron chi connectivity index (χ0n) is 16.4. The van der Waals surface area contributed by atoms with Crippen LogP contribution < -0.4 is 5.32 Å². The summed E-state index contributed by atoms with van der Waals surface area (Å²) in [4.78, 5) is 28.7. The lowest BCUT2D eigenvalue weighted by atomic mass is 10.2. The third-order valence-corrected chi connectivity index (χ3v) is 5.78. The van der Waals surface area contributed by atoms with Crippen LogP contribution in [0.1, 0.15) is 21.7 Å². The van der Waals surface area contributed by atoms with Gasteiger partial charge in [0.05, 0.1) is 22.7 Å². The first kappa shape index (κ1) is 20.5. The van der Waals surface area contributed by atoms with Gasteiger partial charge in [-0.25, -0.2) is 9.37 Å². The number of halogens is 1. The van der Waals surface area contributed by atoms with Gasteiger partial charge in [0.15, 0.2) is 0 Å². The van der Waals surface area contributed by atoms with E-state index in [2.05, 4.69) is 10.3 Å². The zero-order valence-corrected chi connectivity index (χ0v) is 17.2. The minimum atomic E-state index is -0.570. The van der Waals surface area contributed by atoms with E-state index in [1.807, 2.05) is 35.7 Å². The summed E-state index contributed by atoms with van der Waals surface area (Å²) in [6, 6.07) is 15.8. The molecule has 2 heterocycles. The fraction of sp³-hybridized carbons (Fsp3) is 0.0909. The van der Waals surface area contributed by atoms with Crippen molar-refractivity contribution in [3.63, 3.8) is 0 Å². The van der Waals surface area contributed by atoms with Crippen LogP contribution in [0.4, 0.5) is 10.1 Å². The number of nitro groups is 1. The van der Waals surface area contributed by atoms with Crippen molar-refractivity contribution in [1.82, 2.24) is 14.7 Å². The Morgan fingerprint density at radius 3 is 2.71 bits per heavy atom. The smallest absolute Gasteiger partial charge is 0.270 e. The number of fused-ring (bicyclic) bond motifs is 1. The van der Waals surface area contributed by atoms with E-state index in [1.165, 1.54) is 24.3 Å². The molecule has 1 N–H and O–H groups in total. The van der Waals surface area contributed by atoms with Gasteiger partial charge in [0.25, 0.3) is 11.6 Å². The SMILES string of the molecule is Cc1cccc2nc(CNC(=O)c3cc([N+](=O)[O-])ccc3Sc3ccccc3F)cn12. The van der Waals surface area contributed by atoms with Crippen molar-refractivity contribution in [3.8, 4) is 0 Å². The van der Waals surface area contributed by atoms with E-state index in [-0.39, 0.29) is 17.8 Å². The van der Waals surface area contributed by atoms with E-state index in [0.29, 0.717) is 15.5 Å². The van der Waals surface area contributed by atoms with Gasteiger partial charge in [0, 0.05) is 33.8 Å². The number of nitrogens with zero attached hydrogens (tertiary/aromatic N) is 3. The molecule has 0 saturated carbocycles. The lowest BCUT2D eigenvalue weighted by Gasteiger charge is -2.10. The van der Waals surface area contributed by atoms with Crippen molar-refractivity contribution in [2.75, 3.05) is 0 Å². The largest absolute Gasteiger partial charge is 0.346 e. The van der Waals surface area contributed by atoms with Crippen molar-refractivity contribution in [3.05, 3.63) is 99.7 Å². The van der Waals surface area contributed by atoms with Crippen molar-refractivity contribution >= 4 is 29.0 Å². The number of aromatic nitrogens is 2. The molecule has 2 aromatic carbocycles. The predicted octanol–water partition coefficient (Wildman–Crippen LogP) is 4.77. The van der Waals surface area contributed by atoms with Gasteiger partial charge >= 0.3 is 0 Å². The molecule has 0 radical (unpaired) electrons. The topological polar surface area (TPSA) is 89.5 Å². The van der Waals surface area contributed by atoms with Crippen LogP contribution in [0, 0.1) is 22.9 Å². The first-order valence-electron chi connectivity index (χ1n) is 9.35. The van der Waals surface area contributed by atoms with Gasteiger partial charge in [-0.15, -0.1) is 0 Å². The Morgan fingerprint density at radius 2 is 1.97 bits per heavy atom. The van der Waals surface area contributed by atoms with Crippen LogP contribution in [-0.2, 0) is 6.54 Å². The average Bonchev–Trinajstić information content (AvgIpc) is 3.18. The maximum Gasteiger partial charge on any atom is 0.270 e. The molecule has 1 amide bonds. The zero-order chi connectivity index (χ0) is 22.0. The summed E-state index contributed by atoms with van der Waals surface area (Å²) in [5, 5.41) is 14.0. The molecular formula is C22H17FN4O3S. The Morgan fingerprint density at radius 1 is 1.16 bits per heavy atom. The van der Waals surface area contributed by atoms with Gasteiger partial charge in [-0.2, -0.15) is 0 Å². The second-order valence-corrected chi connectivity index (χ2v) is 7.86. The number of amides is 1. The maximum atomic E-state index is 14.1. The van der Waals surface area contributed by atoms with Gasteiger partial charge in [-0.1, -0.05) is 30.0 Å². The minimum Gasteiger partial charge on any atom is -0.346 e. The Labute approximate surface area is 181 Å². The lowest BCUT2D eigenvalue weighted by molar-refractivity contribution is -0.384. The molecule has 156 valence electrons. The van der Waals surface area contributed by atoms with Crippen LogP contribution in [0.2, 0.25) is 0 Å². The summed E-state index contributed by atoms with van der Waals surface area (Å²) in [6.45, 7) is 2.10. The highest BCUT2D eigenvalue weighted by atomic mass is 32.2. The quantitative estimate of drug-likeness (QED) is 0.347. The number of hydrogen-bond acceptors (Lipinski definition) is 5. The Kier molecular flexibility index (Phi) is 5.68. The Hall–Kier alpha value is -3.72. The molecule has 0 aliphatic carbocycles. The van der Waals surface area contributed by atoms with Gasteiger partial charge < -0.3 is 9.72 Å². The summed E-state index contributed by atoms with van der Waals surface area (Å²) < 4.78 is 16.0. The van der Waals surface area contributed by atoms with Gasteiger partial charge in [0.1, 0.15) is 11.5 Å². The third kappa shape index (κ3) is 4.41. The highest BCUT2D eigenvalue weighted by molar-refractivity contribution is 7.99. The number of imidazole rings is 1. The first-order valence-corrected chi connectivity index (χ1v) is 10.2. The van der Waals surface area contributed by atoms with Crippen LogP contribution in [0.5, 0.6) is 0 Å². The molecule has 4 aromatic rings.